The van der Waals surface area contributed by atoms with Crippen LogP contribution in [0.2, 0.25) is 0 Å². The molecule has 0 aliphatic heterocycles. The number of nitrogens with zero attached hydrogens (tertiary/aromatic N) is 2. The first-order valence-corrected chi connectivity index (χ1v) is 6.56. The van der Waals surface area contributed by atoms with Crippen molar-refractivity contribution < 1.29 is 4.74 Å². The van der Waals surface area contributed by atoms with Gasteiger partial charge in [-0.1, -0.05) is 17.4 Å². The molecule has 0 spiro atoms. The predicted octanol–water partition coefficient (Wildman–Crippen LogP) is 2.56. The third-order valence-corrected chi connectivity index (χ3v) is 3.55. The highest BCUT2D eigenvalue weighted by Gasteiger charge is 2.05. The number of benzene rings is 1. The molecular weight excluding hydrogens is 260 g/mol. The van der Waals surface area contributed by atoms with Crippen molar-refractivity contribution in [2.75, 3.05) is 5.43 Å². The Morgan fingerprint density at radius 2 is 2.16 bits per heavy atom. The fraction of sp³-hybridized carbons (Fsp3) is 0.0769. The summed E-state index contributed by atoms with van der Waals surface area (Å²) in [4.78, 5) is 9.41. The van der Waals surface area contributed by atoms with E-state index < -0.39 is 0 Å². The topological polar surface area (TPSA) is 73.1 Å². The predicted molar refractivity (Wildman–Crippen MR) is 76.0 cm³/mol. The summed E-state index contributed by atoms with van der Waals surface area (Å²) in [5, 5.41) is 1.69. The third-order valence-electron chi connectivity index (χ3n) is 2.65. The molecule has 0 aliphatic carbocycles. The van der Waals surface area contributed by atoms with Gasteiger partial charge in [0.05, 0.1) is 10.4 Å². The summed E-state index contributed by atoms with van der Waals surface area (Å²) in [6.07, 6.45) is 3.53. The van der Waals surface area contributed by atoms with Crippen LogP contribution >= 0.6 is 11.3 Å². The van der Waals surface area contributed by atoms with Gasteiger partial charge in [0.1, 0.15) is 12.4 Å². The number of pyridine rings is 1. The second-order valence-electron chi connectivity index (χ2n) is 3.89. The largest absolute Gasteiger partial charge is 0.487 e. The Morgan fingerprint density at radius 1 is 1.21 bits per heavy atom. The minimum Gasteiger partial charge on any atom is -0.487 e. The minimum absolute atomic E-state index is 0.466. The summed E-state index contributed by atoms with van der Waals surface area (Å²) in [5.74, 6) is 6.11. The Bertz CT molecular complexity index is 692. The van der Waals surface area contributed by atoms with Crippen LogP contribution in [0.1, 0.15) is 4.88 Å². The maximum Gasteiger partial charge on any atom is 0.197 e. The van der Waals surface area contributed by atoms with Crippen LogP contribution in [-0.4, -0.2) is 9.97 Å². The number of fused-ring (bicyclic) bond motifs is 1. The average Bonchev–Trinajstić information content (AvgIpc) is 2.93. The molecule has 2 heterocycles. The summed E-state index contributed by atoms with van der Waals surface area (Å²) < 4.78 is 5.82. The molecule has 0 fully saturated rings. The maximum absolute atomic E-state index is 5.82. The molecule has 19 heavy (non-hydrogen) atoms. The van der Waals surface area contributed by atoms with E-state index in [9.17, 15) is 0 Å². The zero-order chi connectivity index (χ0) is 13.1. The lowest BCUT2D eigenvalue weighted by Crippen LogP contribution is -2.05. The Kier molecular flexibility index (Phi) is 3.26. The van der Waals surface area contributed by atoms with E-state index in [2.05, 4.69) is 15.4 Å². The molecule has 0 aliphatic rings. The van der Waals surface area contributed by atoms with Gasteiger partial charge in [-0.25, -0.2) is 10.8 Å². The summed E-state index contributed by atoms with van der Waals surface area (Å²) in [7, 11) is 0. The third kappa shape index (κ3) is 2.49. The number of nitrogen functional groups attached to an aromatic ring is 1. The van der Waals surface area contributed by atoms with Crippen LogP contribution in [-0.2, 0) is 6.61 Å². The Hall–Kier alpha value is -2.18. The number of nitrogens with one attached hydrogen (secondary N) is 1. The van der Waals surface area contributed by atoms with Gasteiger partial charge in [-0.15, -0.1) is 0 Å². The normalized spacial score (nSPS) is 10.6. The van der Waals surface area contributed by atoms with Gasteiger partial charge in [0, 0.05) is 17.8 Å². The van der Waals surface area contributed by atoms with E-state index in [4.69, 9.17) is 10.6 Å². The quantitative estimate of drug-likeness (QED) is 0.564. The molecule has 0 bridgehead atoms. The standard InChI is InChI=1S/C13H12N4OS/c14-17-13-16-7-9(19-13)8-18-12-5-1-4-11-10(12)3-2-6-15-11/h1-7H,8,14H2,(H,16,17). The van der Waals surface area contributed by atoms with E-state index >= 15 is 0 Å². The molecule has 3 N–H and O–H groups in total. The van der Waals surface area contributed by atoms with Gasteiger partial charge in [-0.3, -0.25) is 10.4 Å². The van der Waals surface area contributed by atoms with Crippen molar-refractivity contribution in [2.45, 2.75) is 6.61 Å². The zero-order valence-corrected chi connectivity index (χ0v) is 10.9. The van der Waals surface area contributed by atoms with Crippen LogP contribution in [0.15, 0.2) is 42.7 Å². The van der Waals surface area contributed by atoms with Gasteiger partial charge in [0.15, 0.2) is 5.13 Å². The van der Waals surface area contributed by atoms with Crippen LogP contribution in [0.3, 0.4) is 0 Å². The first-order valence-electron chi connectivity index (χ1n) is 5.74. The molecule has 0 amide bonds. The van der Waals surface area contributed by atoms with Gasteiger partial charge in [-0.05, 0) is 24.3 Å². The van der Waals surface area contributed by atoms with Crippen molar-refractivity contribution in [3.8, 4) is 5.75 Å². The van der Waals surface area contributed by atoms with Gasteiger partial charge in [0.2, 0.25) is 0 Å². The highest BCUT2D eigenvalue weighted by atomic mass is 32.1. The maximum atomic E-state index is 5.82. The zero-order valence-electron chi connectivity index (χ0n) is 10.0. The number of aromatic nitrogens is 2. The number of ether oxygens (including phenoxy) is 1. The molecule has 3 aromatic rings. The van der Waals surface area contributed by atoms with Crippen molar-refractivity contribution in [1.82, 2.24) is 9.97 Å². The lowest BCUT2D eigenvalue weighted by Gasteiger charge is -2.07. The molecular formula is C13H12N4OS. The highest BCUT2D eigenvalue weighted by molar-refractivity contribution is 7.15. The summed E-state index contributed by atoms with van der Waals surface area (Å²) in [5.41, 5.74) is 3.44. The molecule has 0 atom stereocenters. The number of hydrogen-bond acceptors (Lipinski definition) is 6. The van der Waals surface area contributed by atoms with E-state index in [-0.39, 0.29) is 0 Å². The molecule has 2 aromatic heterocycles. The van der Waals surface area contributed by atoms with Crippen molar-refractivity contribution in [2.24, 2.45) is 5.84 Å². The van der Waals surface area contributed by atoms with Gasteiger partial charge in [-0.2, -0.15) is 0 Å². The second-order valence-corrected chi connectivity index (χ2v) is 5.01. The molecule has 3 rings (SSSR count). The number of anilines is 1. The van der Waals surface area contributed by atoms with Crippen LogP contribution < -0.4 is 16.0 Å². The number of nitrogens with two attached hydrogens (primary N) is 1. The average molecular weight is 272 g/mol. The first kappa shape index (κ1) is 11.9. The first-order chi connectivity index (χ1) is 9.36. The van der Waals surface area contributed by atoms with E-state index in [1.807, 2.05) is 30.3 Å². The number of hydrogen-bond donors (Lipinski definition) is 2. The SMILES string of the molecule is NNc1ncc(COc2cccc3ncccc23)s1. The monoisotopic (exact) mass is 272 g/mol. The summed E-state index contributed by atoms with van der Waals surface area (Å²) in [6, 6.07) is 9.73. The number of hydrazine groups is 1. The van der Waals surface area contributed by atoms with Gasteiger partial charge >= 0.3 is 0 Å². The van der Waals surface area contributed by atoms with Crippen LogP contribution in [0.5, 0.6) is 5.75 Å². The molecule has 0 radical (unpaired) electrons. The van der Waals surface area contributed by atoms with E-state index in [0.717, 1.165) is 21.5 Å². The van der Waals surface area contributed by atoms with E-state index in [1.54, 1.807) is 12.4 Å². The Morgan fingerprint density at radius 3 is 3.00 bits per heavy atom. The fourth-order valence-electron chi connectivity index (χ4n) is 1.79. The molecule has 5 nitrogen and oxygen atoms in total. The molecule has 0 unspecified atom stereocenters. The van der Waals surface area contributed by atoms with Crippen LogP contribution in [0.4, 0.5) is 5.13 Å². The second kappa shape index (κ2) is 5.21. The lowest BCUT2D eigenvalue weighted by molar-refractivity contribution is 0.313. The number of thiazole rings is 1. The molecule has 96 valence electrons. The van der Waals surface area contributed by atoms with E-state index in [1.165, 1.54) is 11.3 Å². The van der Waals surface area contributed by atoms with Crippen LogP contribution in [0, 0.1) is 0 Å². The molecule has 1 aromatic carbocycles. The molecule has 0 saturated carbocycles. The Labute approximate surface area is 114 Å². The molecule has 0 saturated heterocycles. The van der Waals surface area contributed by atoms with Crippen LogP contribution in [0.25, 0.3) is 10.9 Å². The van der Waals surface area contributed by atoms with Crippen molar-refractivity contribution >= 4 is 27.4 Å². The van der Waals surface area contributed by atoms with Gasteiger partial charge < -0.3 is 4.74 Å². The smallest absolute Gasteiger partial charge is 0.197 e. The van der Waals surface area contributed by atoms with Crippen molar-refractivity contribution in [1.29, 1.82) is 0 Å². The summed E-state index contributed by atoms with van der Waals surface area (Å²) in [6.45, 7) is 0.466. The lowest BCUT2D eigenvalue weighted by atomic mass is 10.2. The minimum atomic E-state index is 0.466. The number of rotatable bonds is 4. The van der Waals surface area contributed by atoms with E-state index in [0.29, 0.717) is 11.7 Å². The molecule has 6 heteroatoms. The van der Waals surface area contributed by atoms with Crippen molar-refractivity contribution in [3.05, 3.63) is 47.6 Å². The Balaban J connectivity index is 1.81. The van der Waals surface area contributed by atoms with Crippen molar-refractivity contribution in [3.63, 3.8) is 0 Å². The summed E-state index contributed by atoms with van der Waals surface area (Å²) >= 11 is 1.47. The fourth-order valence-corrected chi connectivity index (χ4v) is 2.43. The highest BCUT2D eigenvalue weighted by Crippen LogP contribution is 2.25. The van der Waals surface area contributed by atoms with Gasteiger partial charge in [0.25, 0.3) is 0 Å².